The van der Waals surface area contributed by atoms with Gasteiger partial charge >= 0.3 is 0 Å². The van der Waals surface area contributed by atoms with Crippen molar-refractivity contribution in [1.82, 2.24) is 24.3 Å². The Morgan fingerprint density at radius 3 is 2.71 bits per heavy atom. The molecule has 0 spiro atoms. The van der Waals surface area contributed by atoms with Crippen LogP contribution in [-0.2, 0) is 6.54 Å². The summed E-state index contributed by atoms with van der Waals surface area (Å²) in [4.78, 5) is 10.7. The van der Waals surface area contributed by atoms with Crippen LogP contribution in [0, 0.1) is 5.82 Å². The van der Waals surface area contributed by atoms with Crippen LogP contribution in [0.1, 0.15) is 6.42 Å². The first kappa shape index (κ1) is 19.4. The number of ether oxygens (including phenoxy) is 1. The van der Waals surface area contributed by atoms with Crippen molar-refractivity contribution in [1.29, 1.82) is 0 Å². The molecule has 3 heterocycles. The average Bonchev–Trinajstić information content (AvgIpc) is 3.39. The highest BCUT2D eigenvalue weighted by molar-refractivity contribution is 6.29. The van der Waals surface area contributed by atoms with Gasteiger partial charge in [0.25, 0.3) is 0 Å². The van der Waals surface area contributed by atoms with Crippen molar-refractivity contribution in [2.45, 2.75) is 13.0 Å². The van der Waals surface area contributed by atoms with Crippen molar-refractivity contribution in [3.63, 3.8) is 0 Å². The van der Waals surface area contributed by atoms with Gasteiger partial charge in [0.15, 0.2) is 0 Å². The average molecular weight is 440 g/mol. The van der Waals surface area contributed by atoms with Gasteiger partial charge in [0, 0.05) is 36.7 Å². The van der Waals surface area contributed by atoms with Crippen molar-refractivity contribution in [3.8, 4) is 11.4 Å². The van der Waals surface area contributed by atoms with E-state index in [1.165, 1.54) is 12.1 Å². The molecule has 0 saturated carbocycles. The predicted molar refractivity (Wildman–Crippen MR) is 116 cm³/mol. The Morgan fingerprint density at radius 1 is 1.13 bits per heavy atom. The summed E-state index contributed by atoms with van der Waals surface area (Å²) in [6, 6.07) is 12.1. The van der Waals surface area contributed by atoms with Gasteiger partial charge in [-0.25, -0.2) is 14.1 Å². The lowest BCUT2D eigenvalue weighted by Gasteiger charge is -2.27. The molecule has 31 heavy (non-hydrogen) atoms. The number of nitrogens with zero attached hydrogens (tertiary/aromatic N) is 6. The SMILES string of the molecule is COc1cc(Nc2nc3n(n2)CCCN3c2ccc(F)cc2)ccc1-n1cnc(Cl)c1. The van der Waals surface area contributed by atoms with E-state index in [0.29, 0.717) is 16.9 Å². The van der Waals surface area contributed by atoms with Gasteiger partial charge in [0.05, 0.1) is 12.8 Å². The molecule has 10 heteroatoms. The number of rotatable bonds is 5. The van der Waals surface area contributed by atoms with Gasteiger partial charge in [0.2, 0.25) is 11.9 Å². The summed E-state index contributed by atoms with van der Waals surface area (Å²) in [5.41, 5.74) is 2.47. The molecule has 4 aromatic rings. The lowest BCUT2D eigenvalue weighted by atomic mass is 10.2. The fourth-order valence-electron chi connectivity index (χ4n) is 3.61. The molecule has 1 N–H and O–H groups in total. The van der Waals surface area contributed by atoms with Crippen LogP contribution in [0.4, 0.5) is 27.7 Å². The molecule has 1 aliphatic rings. The van der Waals surface area contributed by atoms with E-state index in [4.69, 9.17) is 16.3 Å². The van der Waals surface area contributed by atoms with Gasteiger partial charge in [-0.1, -0.05) is 11.6 Å². The van der Waals surface area contributed by atoms with Crippen LogP contribution in [0.15, 0.2) is 55.0 Å². The Hall–Kier alpha value is -3.59. The van der Waals surface area contributed by atoms with Gasteiger partial charge in [0.1, 0.15) is 23.0 Å². The third kappa shape index (κ3) is 3.79. The molecule has 2 aromatic carbocycles. The molecule has 8 nitrogen and oxygen atoms in total. The smallest absolute Gasteiger partial charge is 0.248 e. The summed E-state index contributed by atoms with van der Waals surface area (Å²) in [7, 11) is 1.61. The van der Waals surface area contributed by atoms with Crippen LogP contribution in [0.2, 0.25) is 5.15 Å². The maximum absolute atomic E-state index is 13.3. The number of benzene rings is 2. The number of halogens is 2. The largest absolute Gasteiger partial charge is 0.494 e. The maximum Gasteiger partial charge on any atom is 0.248 e. The minimum absolute atomic E-state index is 0.264. The first-order chi connectivity index (χ1) is 15.1. The van der Waals surface area contributed by atoms with E-state index in [9.17, 15) is 4.39 Å². The number of aromatic nitrogens is 5. The number of hydrogen-bond donors (Lipinski definition) is 1. The number of anilines is 4. The van der Waals surface area contributed by atoms with Crippen LogP contribution < -0.4 is 15.0 Å². The molecule has 0 bridgehead atoms. The fraction of sp³-hybridized carbons (Fsp3) is 0.190. The second-order valence-corrected chi connectivity index (χ2v) is 7.44. The number of aryl methyl sites for hydroxylation is 1. The van der Waals surface area contributed by atoms with E-state index >= 15 is 0 Å². The van der Waals surface area contributed by atoms with Crippen molar-refractivity contribution < 1.29 is 9.13 Å². The number of imidazole rings is 1. The van der Waals surface area contributed by atoms with E-state index in [-0.39, 0.29) is 5.82 Å². The quantitative estimate of drug-likeness (QED) is 0.492. The van der Waals surface area contributed by atoms with Crippen LogP contribution in [0.25, 0.3) is 5.69 Å². The highest BCUT2D eigenvalue weighted by atomic mass is 35.5. The second-order valence-electron chi connectivity index (χ2n) is 7.06. The zero-order valence-corrected chi connectivity index (χ0v) is 17.4. The summed E-state index contributed by atoms with van der Waals surface area (Å²) in [6.45, 7) is 1.56. The summed E-state index contributed by atoms with van der Waals surface area (Å²) < 4.78 is 22.5. The van der Waals surface area contributed by atoms with Crippen molar-refractivity contribution in [2.75, 3.05) is 23.9 Å². The van der Waals surface area contributed by atoms with Crippen molar-refractivity contribution in [2.24, 2.45) is 0 Å². The third-order valence-corrected chi connectivity index (χ3v) is 5.24. The first-order valence-electron chi connectivity index (χ1n) is 9.73. The fourth-order valence-corrected chi connectivity index (χ4v) is 3.76. The molecular formula is C21H19ClFN7O. The first-order valence-corrected chi connectivity index (χ1v) is 10.1. The third-order valence-electron chi connectivity index (χ3n) is 5.05. The zero-order valence-electron chi connectivity index (χ0n) is 16.7. The van der Waals surface area contributed by atoms with E-state index in [0.717, 1.165) is 42.5 Å². The molecule has 0 radical (unpaired) electrons. The van der Waals surface area contributed by atoms with Crippen LogP contribution >= 0.6 is 11.6 Å². The molecular weight excluding hydrogens is 421 g/mol. The van der Waals surface area contributed by atoms with Gasteiger partial charge in [-0.2, -0.15) is 4.98 Å². The van der Waals surface area contributed by atoms with E-state index in [1.807, 2.05) is 27.8 Å². The predicted octanol–water partition coefficient (Wildman–Crippen LogP) is 4.55. The van der Waals surface area contributed by atoms with Gasteiger partial charge in [-0.15, -0.1) is 5.10 Å². The van der Waals surface area contributed by atoms with Crippen LogP contribution in [0.5, 0.6) is 5.75 Å². The molecule has 0 aliphatic carbocycles. The van der Waals surface area contributed by atoms with E-state index in [1.54, 1.807) is 36.3 Å². The Labute approximate surface area is 182 Å². The summed E-state index contributed by atoms with van der Waals surface area (Å²) >= 11 is 5.93. The number of nitrogens with one attached hydrogen (secondary N) is 1. The lowest BCUT2D eigenvalue weighted by molar-refractivity contribution is 0.413. The molecule has 5 rings (SSSR count). The molecule has 158 valence electrons. The Morgan fingerprint density at radius 2 is 1.97 bits per heavy atom. The van der Waals surface area contributed by atoms with Crippen molar-refractivity contribution >= 4 is 34.9 Å². The van der Waals surface area contributed by atoms with Gasteiger partial charge in [-0.3, -0.25) is 0 Å². The summed E-state index contributed by atoms with van der Waals surface area (Å²) in [5, 5.41) is 8.23. The Balaban J connectivity index is 1.42. The molecule has 0 fully saturated rings. The second kappa shape index (κ2) is 7.92. The molecule has 0 atom stereocenters. The minimum Gasteiger partial charge on any atom is -0.494 e. The van der Waals surface area contributed by atoms with Gasteiger partial charge < -0.3 is 19.5 Å². The highest BCUT2D eigenvalue weighted by Crippen LogP contribution is 2.31. The zero-order chi connectivity index (χ0) is 21.4. The monoisotopic (exact) mass is 439 g/mol. The Bertz CT molecular complexity index is 1220. The maximum atomic E-state index is 13.3. The topological polar surface area (TPSA) is 73.0 Å². The lowest BCUT2D eigenvalue weighted by Crippen LogP contribution is -2.28. The standard InChI is InChI=1S/C21H19ClFN7O/c1-31-18-11-15(5-8-17(18)28-12-19(22)24-13-28)25-20-26-21-29(9-2-10-30(21)27-20)16-6-3-14(23)4-7-16/h3-8,11-13H,2,9-10H2,1H3,(H,25,27). The van der Waals surface area contributed by atoms with Crippen molar-refractivity contribution in [3.05, 3.63) is 66.0 Å². The van der Waals surface area contributed by atoms with Gasteiger partial charge in [-0.05, 0) is 42.8 Å². The van der Waals surface area contributed by atoms with Crippen LogP contribution in [0.3, 0.4) is 0 Å². The number of hydrogen-bond acceptors (Lipinski definition) is 6. The van der Waals surface area contributed by atoms with Crippen LogP contribution in [-0.4, -0.2) is 38.0 Å². The van der Waals surface area contributed by atoms with E-state index in [2.05, 4.69) is 20.4 Å². The van der Waals surface area contributed by atoms with E-state index < -0.39 is 0 Å². The number of methoxy groups -OCH3 is 1. The number of fused-ring (bicyclic) bond motifs is 1. The molecule has 0 amide bonds. The Kier molecular flexibility index (Phi) is 4.95. The highest BCUT2D eigenvalue weighted by Gasteiger charge is 2.23. The normalized spacial score (nSPS) is 13.2. The molecule has 1 aliphatic heterocycles. The summed E-state index contributed by atoms with van der Waals surface area (Å²) in [5.74, 6) is 1.58. The minimum atomic E-state index is -0.264. The molecule has 0 unspecified atom stereocenters. The summed E-state index contributed by atoms with van der Waals surface area (Å²) in [6.07, 6.45) is 4.26. The molecule has 0 saturated heterocycles. The molecule has 2 aromatic heterocycles.